The van der Waals surface area contributed by atoms with Crippen LogP contribution in [0.4, 0.5) is 4.79 Å². The maximum atomic E-state index is 11.8. The summed E-state index contributed by atoms with van der Waals surface area (Å²) in [7, 11) is 0. The van der Waals surface area contributed by atoms with Gasteiger partial charge in [-0.15, -0.1) is 0 Å². The molecule has 1 unspecified atom stereocenters. The Kier molecular flexibility index (Phi) is 9.01. The summed E-state index contributed by atoms with van der Waals surface area (Å²) in [6.45, 7) is 13.4. The van der Waals surface area contributed by atoms with Crippen LogP contribution < -0.4 is 10.6 Å². The van der Waals surface area contributed by atoms with Crippen LogP contribution in [0.5, 0.6) is 0 Å². The molecule has 124 valence electrons. The van der Waals surface area contributed by atoms with E-state index in [-0.39, 0.29) is 5.92 Å². The highest BCUT2D eigenvalue weighted by Crippen LogP contribution is 2.07. The second kappa shape index (κ2) is 9.60. The summed E-state index contributed by atoms with van der Waals surface area (Å²) < 4.78 is 0. The lowest BCUT2D eigenvalue weighted by atomic mass is 9.99. The molecule has 0 saturated heterocycles. The lowest BCUT2D eigenvalue weighted by Gasteiger charge is -2.30. The van der Waals surface area contributed by atoms with E-state index in [1.807, 2.05) is 13.8 Å². The number of carbonyl (C=O) groups is 2. The Labute approximate surface area is 128 Å². The summed E-state index contributed by atoms with van der Waals surface area (Å²) in [5.41, 5.74) is 0. The molecule has 0 radical (unpaired) electrons. The van der Waals surface area contributed by atoms with Gasteiger partial charge in [0, 0.05) is 25.2 Å². The standard InChI is InChI=1S/C15H31N3O3/c1-7-12(6)13(14(19)20)17-15(21)16-8-9-18(10(2)3)11(4)5/h10-13H,7-9H2,1-6H3,(H,19,20)(H2,16,17,21)/t12?,13-/m0/s1. The lowest BCUT2D eigenvalue weighted by Crippen LogP contribution is -2.50. The highest BCUT2D eigenvalue weighted by molar-refractivity contribution is 5.82. The minimum absolute atomic E-state index is 0.101. The Bertz CT molecular complexity index is 324. The number of carbonyl (C=O) groups excluding carboxylic acids is 1. The normalized spacial score (nSPS) is 14.3. The molecule has 0 aromatic carbocycles. The summed E-state index contributed by atoms with van der Waals surface area (Å²) >= 11 is 0. The van der Waals surface area contributed by atoms with Crippen LogP contribution in [0.2, 0.25) is 0 Å². The number of nitrogens with zero attached hydrogens (tertiary/aromatic N) is 1. The molecule has 0 fully saturated rings. The van der Waals surface area contributed by atoms with Crippen LogP contribution in [0.25, 0.3) is 0 Å². The smallest absolute Gasteiger partial charge is 0.326 e. The Hall–Kier alpha value is -1.30. The second-order valence-corrected chi connectivity index (χ2v) is 6.03. The van der Waals surface area contributed by atoms with Crippen molar-refractivity contribution in [2.75, 3.05) is 13.1 Å². The van der Waals surface area contributed by atoms with E-state index >= 15 is 0 Å². The predicted octanol–water partition coefficient (Wildman–Crippen LogP) is 1.90. The number of nitrogens with one attached hydrogen (secondary N) is 2. The first-order valence-electron chi connectivity index (χ1n) is 7.73. The molecule has 0 bridgehead atoms. The fourth-order valence-electron chi connectivity index (χ4n) is 2.29. The van der Waals surface area contributed by atoms with Gasteiger partial charge in [-0.05, 0) is 33.6 Å². The van der Waals surface area contributed by atoms with E-state index in [1.165, 1.54) is 0 Å². The quantitative estimate of drug-likeness (QED) is 0.607. The minimum atomic E-state index is -0.995. The van der Waals surface area contributed by atoms with Gasteiger partial charge in [0.25, 0.3) is 0 Å². The molecule has 0 saturated carbocycles. The molecule has 0 aromatic heterocycles. The van der Waals surface area contributed by atoms with Crippen molar-refractivity contribution in [2.45, 2.75) is 66.1 Å². The number of aliphatic carboxylic acids is 1. The summed E-state index contributed by atoms with van der Waals surface area (Å²) in [5.74, 6) is -1.10. The summed E-state index contributed by atoms with van der Waals surface area (Å²) in [4.78, 5) is 25.2. The molecule has 0 aliphatic carbocycles. The van der Waals surface area contributed by atoms with E-state index in [2.05, 4.69) is 43.2 Å². The number of rotatable bonds is 9. The highest BCUT2D eigenvalue weighted by atomic mass is 16.4. The van der Waals surface area contributed by atoms with E-state index < -0.39 is 18.0 Å². The van der Waals surface area contributed by atoms with Crippen LogP contribution >= 0.6 is 0 Å². The maximum absolute atomic E-state index is 11.8. The number of amides is 2. The zero-order valence-electron chi connectivity index (χ0n) is 14.1. The van der Waals surface area contributed by atoms with Crippen LogP contribution in [0.1, 0.15) is 48.0 Å². The van der Waals surface area contributed by atoms with Crippen LogP contribution in [-0.2, 0) is 4.79 Å². The van der Waals surface area contributed by atoms with Crippen LogP contribution in [0.3, 0.4) is 0 Å². The second-order valence-electron chi connectivity index (χ2n) is 6.03. The summed E-state index contributed by atoms with van der Waals surface area (Å²) in [6.07, 6.45) is 0.700. The lowest BCUT2D eigenvalue weighted by molar-refractivity contribution is -0.140. The van der Waals surface area contributed by atoms with Crippen molar-refractivity contribution in [3.8, 4) is 0 Å². The first-order chi connectivity index (χ1) is 9.70. The average molecular weight is 301 g/mol. The van der Waals surface area contributed by atoms with Gasteiger partial charge in [0.15, 0.2) is 0 Å². The molecule has 21 heavy (non-hydrogen) atoms. The van der Waals surface area contributed by atoms with Gasteiger partial charge in [-0.1, -0.05) is 20.3 Å². The van der Waals surface area contributed by atoms with Crippen molar-refractivity contribution < 1.29 is 14.7 Å². The number of hydrogen-bond donors (Lipinski definition) is 3. The molecule has 0 heterocycles. The monoisotopic (exact) mass is 301 g/mol. The van der Waals surface area contributed by atoms with Gasteiger partial charge in [0.1, 0.15) is 6.04 Å². The van der Waals surface area contributed by atoms with Gasteiger partial charge in [-0.3, -0.25) is 4.90 Å². The molecule has 6 heteroatoms. The van der Waals surface area contributed by atoms with Gasteiger partial charge in [-0.25, -0.2) is 9.59 Å². The molecule has 6 nitrogen and oxygen atoms in total. The maximum Gasteiger partial charge on any atom is 0.326 e. The van der Waals surface area contributed by atoms with Crippen molar-refractivity contribution in [1.29, 1.82) is 0 Å². The fraction of sp³-hybridized carbons (Fsp3) is 0.867. The van der Waals surface area contributed by atoms with Crippen molar-refractivity contribution in [2.24, 2.45) is 5.92 Å². The molecular weight excluding hydrogens is 270 g/mol. The zero-order chi connectivity index (χ0) is 16.6. The molecule has 2 amide bonds. The van der Waals surface area contributed by atoms with Gasteiger partial charge in [-0.2, -0.15) is 0 Å². The first kappa shape index (κ1) is 19.7. The molecule has 0 aromatic rings. The van der Waals surface area contributed by atoms with E-state index in [1.54, 1.807) is 0 Å². The summed E-state index contributed by atoms with van der Waals surface area (Å²) in [5, 5.41) is 14.4. The third kappa shape index (κ3) is 7.32. The molecule has 0 spiro atoms. The van der Waals surface area contributed by atoms with Crippen LogP contribution in [-0.4, -0.2) is 53.2 Å². The number of carboxylic acids is 1. The molecule has 0 aliphatic rings. The number of urea groups is 1. The van der Waals surface area contributed by atoms with Crippen LogP contribution in [0, 0.1) is 5.92 Å². The Morgan fingerprint density at radius 1 is 1.10 bits per heavy atom. The van der Waals surface area contributed by atoms with Gasteiger partial charge < -0.3 is 15.7 Å². The van der Waals surface area contributed by atoms with Gasteiger partial charge >= 0.3 is 12.0 Å². The third-order valence-corrected chi connectivity index (χ3v) is 3.75. The van der Waals surface area contributed by atoms with E-state index in [0.717, 1.165) is 6.54 Å². The largest absolute Gasteiger partial charge is 0.480 e. The first-order valence-corrected chi connectivity index (χ1v) is 7.73. The average Bonchev–Trinajstić information content (AvgIpc) is 2.38. The number of hydrogen-bond acceptors (Lipinski definition) is 3. The third-order valence-electron chi connectivity index (χ3n) is 3.75. The molecule has 3 N–H and O–H groups in total. The molecule has 2 atom stereocenters. The molecule has 0 rings (SSSR count). The van der Waals surface area contributed by atoms with E-state index in [9.17, 15) is 9.59 Å². The topological polar surface area (TPSA) is 81.7 Å². The minimum Gasteiger partial charge on any atom is -0.480 e. The van der Waals surface area contributed by atoms with Crippen molar-refractivity contribution in [3.63, 3.8) is 0 Å². The van der Waals surface area contributed by atoms with Gasteiger partial charge in [0.05, 0.1) is 0 Å². The predicted molar refractivity (Wildman–Crippen MR) is 84.4 cm³/mol. The Morgan fingerprint density at radius 2 is 1.62 bits per heavy atom. The number of carboxylic acid groups (broad SMARTS) is 1. The highest BCUT2D eigenvalue weighted by Gasteiger charge is 2.25. The Morgan fingerprint density at radius 3 is 2.00 bits per heavy atom. The SMILES string of the molecule is CCC(C)[C@H](NC(=O)NCCN(C(C)C)C(C)C)C(=O)O. The van der Waals surface area contributed by atoms with Crippen molar-refractivity contribution >= 4 is 12.0 Å². The molecular formula is C15H31N3O3. The van der Waals surface area contributed by atoms with Crippen molar-refractivity contribution in [3.05, 3.63) is 0 Å². The van der Waals surface area contributed by atoms with Gasteiger partial charge in [0.2, 0.25) is 0 Å². The van der Waals surface area contributed by atoms with E-state index in [4.69, 9.17) is 5.11 Å². The zero-order valence-corrected chi connectivity index (χ0v) is 14.1. The van der Waals surface area contributed by atoms with E-state index in [0.29, 0.717) is 25.0 Å². The van der Waals surface area contributed by atoms with Crippen LogP contribution in [0.15, 0.2) is 0 Å². The summed E-state index contributed by atoms with van der Waals surface area (Å²) in [6, 6.07) is -0.458. The Balaban J connectivity index is 4.28. The van der Waals surface area contributed by atoms with Crippen molar-refractivity contribution in [1.82, 2.24) is 15.5 Å². The molecule has 0 aliphatic heterocycles. The fourth-order valence-corrected chi connectivity index (χ4v) is 2.29.